The Labute approximate surface area is 142 Å². The number of fused-ring (bicyclic) bond motifs is 1. The summed E-state index contributed by atoms with van der Waals surface area (Å²) in [5.41, 5.74) is 0.0696. The van der Waals surface area contributed by atoms with E-state index in [1.807, 2.05) is 0 Å². The Hall–Kier alpha value is -2.54. The molecule has 0 spiro atoms. The molecule has 0 radical (unpaired) electrons. The molecule has 1 aliphatic heterocycles. The van der Waals surface area contributed by atoms with E-state index in [1.54, 1.807) is 18.2 Å². The molecule has 1 amide bonds. The maximum Gasteiger partial charge on any atom is 0.417 e. The van der Waals surface area contributed by atoms with E-state index in [0.29, 0.717) is 12.2 Å². The van der Waals surface area contributed by atoms with Gasteiger partial charge in [0.05, 0.1) is 23.8 Å². The van der Waals surface area contributed by atoms with Crippen LogP contribution in [0.3, 0.4) is 0 Å². The number of carbonyl (C=O) groups excluding carboxylic acids is 1. The first-order valence-electron chi connectivity index (χ1n) is 7.74. The van der Waals surface area contributed by atoms with Gasteiger partial charge in [-0.05, 0) is 35.4 Å². The second-order valence-corrected chi connectivity index (χ2v) is 5.73. The Bertz CT molecular complexity index is 789. The monoisotopic (exact) mass is 351 g/mol. The zero-order valence-electron chi connectivity index (χ0n) is 13.1. The summed E-state index contributed by atoms with van der Waals surface area (Å²) in [6.45, 7) is 0.393. The van der Waals surface area contributed by atoms with Crippen molar-refractivity contribution >= 4 is 5.91 Å². The second-order valence-electron chi connectivity index (χ2n) is 5.73. The van der Waals surface area contributed by atoms with Crippen LogP contribution < -0.4 is 10.1 Å². The summed E-state index contributed by atoms with van der Waals surface area (Å²) in [4.78, 5) is 12.1. The first-order chi connectivity index (χ1) is 11.9. The molecule has 0 aliphatic carbocycles. The van der Waals surface area contributed by atoms with Gasteiger partial charge < -0.3 is 15.2 Å². The normalized spacial score (nSPS) is 14.6. The number of hydrogen-bond donors (Lipinski definition) is 2. The van der Waals surface area contributed by atoms with Gasteiger partial charge >= 0.3 is 6.18 Å². The van der Waals surface area contributed by atoms with Crippen LogP contribution in [0, 0.1) is 0 Å². The maximum atomic E-state index is 13.0. The average Bonchev–Trinajstić information content (AvgIpc) is 3.06. The van der Waals surface area contributed by atoms with Crippen molar-refractivity contribution in [2.45, 2.75) is 18.7 Å². The van der Waals surface area contributed by atoms with Gasteiger partial charge in [-0.3, -0.25) is 4.79 Å². The van der Waals surface area contributed by atoms with Crippen molar-refractivity contribution in [1.82, 2.24) is 5.32 Å². The molecular weight excluding hydrogens is 335 g/mol. The topological polar surface area (TPSA) is 58.6 Å². The molecule has 2 N–H and O–H groups in total. The zero-order valence-corrected chi connectivity index (χ0v) is 13.1. The van der Waals surface area contributed by atoms with Gasteiger partial charge in [0, 0.05) is 13.0 Å². The lowest BCUT2D eigenvalue weighted by molar-refractivity contribution is -0.137. The highest BCUT2D eigenvalue weighted by molar-refractivity contribution is 5.95. The van der Waals surface area contributed by atoms with Crippen molar-refractivity contribution in [3.63, 3.8) is 0 Å². The van der Waals surface area contributed by atoms with Crippen LogP contribution in [0.1, 0.15) is 33.2 Å². The number of carbonyl (C=O) groups is 1. The first kappa shape index (κ1) is 17.3. The summed E-state index contributed by atoms with van der Waals surface area (Å²) in [5, 5.41) is 12.6. The van der Waals surface area contributed by atoms with Crippen molar-refractivity contribution in [3.05, 3.63) is 64.7 Å². The van der Waals surface area contributed by atoms with Crippen molar-refractivity contribution in [1.29, 1.82) is 0 Å². The zero-order chi connectivity index (χ0) is 18.0. The number of ether oxygens (including phenoxy) is 1. The van der Waals surface area contributed by atoms with E-state index in [1.165, 1.54) is 12.1 Å². The number of aliphatic hydroxyl groups excluding tert-OH is 1. The largest absolute Gasteiger partial charge is 0.493 e. The summed E-state index contributed by atoms with van der Waals surface area (Å²) < 4.78 is 44.3. The summed E-state index contributed by atoms with van der Waals surface area (Å²) in [6, 6.07) is 9.74. The number of rotatable bonds is 4. The lowest BCUT2D eigenvalue weighted by Gasteiger charge is -2.15. The minimum atomic E-state index is -4.62. The third kappa shape index (κ3) is 3.76. The van der Waals surface area contributed by atoms with Crippen molar-refractivity contribution < 1.29 is 27.8 Å². The van der Waals surface area contributed by atoms with Crippen molar-refractivity contribution in [2.24, 2.45) is 0 Å². The van der Waals surface area contributed by atoms with E-state index in [-0.39, 0.29) is 6.54 Å². The number of alkyl halides is 3. The predicted molar refractivity (Wildman–Crippen MR) is 84.4 cm³/mol. The van der Waals surface area contributed by atoms with Crippen LogP contribution in [0.2, 0.25) is 0 Å². The third-order valence-electron chi connectivity index (χ3n) is 4.03. The molecule has 1 unspecified atom stereocenters. The van der Waals surface area contributed by atoms with Gasteiger partial charge in [0.2, 0.25) is 0 Å². The molecule has 0 aromatic heterocycles. The summed E-state index contributed by atoms with van der Waals surface area (Å²) in [7, 11) is 0. The highest BCUT2D eigenvalue weighted by Gasteiger charge is 2.34. The molecule has 2 aromatic carbocycles. The summed E-state index contributed by atoms with van der Waals surface area (Å²) >= 11 is 0. The van der Waals surface area contributed by atoms with Gasteiger partial charge in [-0.25, -0.2) is 0 Å². The molecule has 1 atom stereocenters. The van der Waals surface area contributed by atoms with Gasteiger partial charge in [0.1, 0.15) is 5.75 Å². The first-order valence-corrected chi connectivity index (χ1v) is 7.74. The van der Waals surface area contributed by atoms with E-state index in [4.69, 9.17) is 4.74 Å². The molecule has 3 rings (SSSR count). The van der Waals surface area contributed by atoms with E-state index in [0.717, 1.165) is 29.9 Å². The molecule has 2 aromatic rings. The Kier molecular flexibility index (Phi) is 4.67. The third-order valence-corrected chi connectivity index (χ3v) is 4.03. The predicted octanol–water partition coefficient (Wildman–Crippen LogP) is 3.10. The molecule has 0 saturated heterocycles. The molecule has 1 aliphatic rings. The van der Waals surface area contributed by atoms with Crippen LogP contribution in [-0.4, -0.2) is 24.2 Å². The number of aliphatic hydroxyl groups is 1. The molecule has 4 nitrogen and oxygen atoms in total. The number of amides is 1. The van der Waals surface area contributed by atoms with Gasteiger partial charge in [-0.2, -0.15) is 13.2 Å². The smallest absolute Gasteiger partial charge is 0.417 e. The fourth-order valence-electron chi connectivity index (χ4n) is 2.74. The van der Waals surface area contributed by atoms with E-state index >= 15 is 0 Å². The number of benzene rings is 2. The maximum absolute atomic E-state index is 13.0. The van der Waals surface area contributed by atoms with Crippen LogP contribution in [0.4, 0.5) is 13.2 Å². The van der Waals surface area contributed by atoms with Gasteiger partial charge in [0.25, 0.3) is 5.91 Å². The van der Waals surface area contributed by atoms with Crippen LogP contribution >= 0.6 is 0 Å². The SMILES string of the molecule is O=C(NCC(O)c1ccc2c(c1)CCO2)c1ccccc1C(F)(F)F. The molecule has 7 heteroatoms. The van der Waals surface area contributed by atoms with Crippen LogP contribution in [0.25, 0.3) is 0 Å². The molecule has 0 fully saturated rings. The average molecular weight is 351 g/mol. The van der Waals surface area contributed by atoms with Gasteiger partial charge in [-0.15, -0.1) is 0 Å². The minimum absolute atomic E-state index is 0.190. The van der Waals surface area contributed by atoms with E-state index < -0.39 is 29.3 Å². The number of hydrogen-bond acceptors (Lipinski definition) is 3. The van der Waals surface area contributed by atoms with Crippen molar-refractivity contribution in [3.8, 4) is 5.75 Å². The number of nitrogens with one attached hydrogen (secondary N) is 1. The second kappa shape index (κ2) is 6.76. The Balaban J connectivity index is 1.69. The van der Waals surface area contributed by atoms with E-state index in [2.05, 4.69) is 5.32 Å². The Morgan fingerprint density at radius 1 is 1.24 bits per heavy atom. The molecule has 0 bridgehead atoms. The van der Waals surface area contributed by atoms with Gasteiger partial charge in [0.15, 0.2) is 0 Å². The summed E-state index contributed by atoms with van der Waals surface area (Å²) in [5.74, 6) is -0.115. The van der Waals surface area contributed by atoms with Crippen LogP contribution in [-0.2, 0) is 12.6 Å². The molecule has 132 valence electrons. The quantitative estimate of drug-likeness (QED) is 0.890. The highest BCUT2D eigenvalue weighted by Crippen LogP contribution is 2.32. The van der Waals surface area contributed by atoms with Crippen molar-refractivity contribution in [2.75, 3.05) is 13.2 Å². The molecule has 0 saturated carbocycles. The fourth-order valence-corrected chi connectivity index (χ4v) is 2.74. The fraction of sp³-hybridized carbons (Fsp3) is 0.278. The van der Waals surface area contributed by atoms with Crippen LogP contribution in [0.5, 0.6) is 5.75 Å². The van der Waals surface area contributed by atoms with Gasteiger partial charge in [-0.1, -0.05) is 18.2 Å². The number of halogens is 3. The Morgan fingerprint density at radius 2 is 2.00 bits per heavy atom. The van der Waals surface area contributed by atoms with Crippen LogP contribution in [0.15, 0.2) is 42.5 Å². The lowest BCUT2D eigenvalue weighted by Crippen LogP contribution is -2.30. The standard InChI is InChI=1S/C18H16F3NO3/c19-18(20,21)14-4-2-1-3-13(14)17(24)22-10-15(23)11-5-6-16-12(9-11)7-8-25-16/h1-6,9,15,23H,7-8,10H2,(H,22,24). The molecule has 1 heterocycles. The minimum Gasteiger partial charge on any atom is -0.493 e. The molecule has 25 heavy (non-hydrogen) atoms. The molecular formula is C18H16F3NO3. The Morgan fingerprint density at radius 3 is 2.76 bits per heavy atom. The highest BCUT2D eigenvalue weighted by atomic mass is 19.4. The lowest BCUT2D eigenvalue weighted by atomic mass is 10.0. The summed E-state index contributed by atoms with van der Waals surface area (Å²) in [6.07, 6.45) is -4.90. The van der Waals surface area contributed by atoms with E-state index in [9.17, 15) is 23.1 Å².